The molecule has 0 N–H and O–H groups in total. The lowest BCUT2D eigenvalue weighted by Gasteiger charge is -2.15. The summed E-state index contributed by atoms with van der Waals surface area (Å²) in [7, 11) is 0. The number of hydrogen-bond donors (Lipinski definition) is 0. The van der Waals surface area contributed by atoms with Crippen LogP contribution in [0.5, 0.6) is 0 Å². The molecule has 0 saturated heterocycles. The molecule has 0 radical (unpaired) electrons. The standard InChI is InChI=1S/C13H11F2N3/c1-8-2-13(17-16-5-8)18-6-9-3-11(14)12(15)4-10(9)7-18/h2-5H,6-7H2,1H3. The molecule has 0 aliphatic carbocycles. The van der Waals surface area contributed by atoms with Crippen LogP contribution in [0.3, 0.4) is 0 Å². The van der Waals surface area contributed by atoms with Gasteiger partial charge in [-0.3, -0.25) is 0 Å². The van der Waals surface area contributed by atoms with E-state index in [9.17, 15) is 8.78 Å². The molecule has 5 heteroatoms. The Kier molecular flexibility index (Phi) is 2.47. The summed E-state index contributed by atoms with van der Waals surface area (Å²) in [5.74, 6) is -0.871. The van der Waals surface area contributed by atoms with Crippen molar-refractivity contribution in [3.8, 4) is 0 Å². The van der Waals surface area contributed by atoms with Crippen LogP contribution in [0.4, 0.5) is 14.6 Å². The summed E-state index contributed by atoms with van der Waals surface area (Å²) in [5.41, 5.74) is 2.61. The third kappa shape index (κ3) is 1.81. The topological polar surface area (TPSA) is 29.0 Å². The van der Waals surface area contributed by atoms with Gasteiger partial charge < -0.3 is 4.90 Å². The second kappa shape index (κ2) is 4.01. The fourth-order valence-electron chi connectivity index (χ4n) is 2.16. The van der Waals surface area contributed by atoms with Crippen molar-refractivity contribution in [1.29, 1.82) is 0 Å². The lowest BCUT2D eigenvalue weighted by atomic mass is 10.1. The highest BCUT2D eigenvalue weighted by Gasteiger charge is 2.22. The molecule has 1 aliphatic heterocycles. The van der Waals surface area contributed by atoms with Crippen molar-refractivity contribution in [2.24, 2.45) is 0 Å². The van der Waals surface area contributed by atoms with Crippen molar-refractivity contribution < 1.29 is 8.78 Å². The molecule has 0 unspecified atom stereocenters. The summed E-state index contributed by atoms with van der Waals surface area (Å²) in [6, 6.07) is 4.42. The third-order valence-corrected chi connectivity index (χ3v) is 3.07. The molecule has 0 bridgehead atoms. The fourth-order valence-corrected chi connectivity index (χ4v) is 2.16. The van der Waals surface area contributed by atoms with E-state index < -0.39 is 11.6 Å². The Morgan fingerprint density at radius 2 is 1.67 bits per heavy atom. The molecule has 92 valence electrons. The first-order chi connectivity index (χ1) is 8.63. The van der Waals surface area contributed by atoms with Crippen LogP contribution in [-0.4, -0.2) is 10.2 Å². The maximum Gasteiger partial charge on any atom is 0.159 e. The van der Waals surface area contributed by atoms with Crippen LogP contribution in [0.2, 0.25) is 0 Å². The molecule has 0 fully saturated rings. The molecule has 1 aliphatic rings. The number of aryl methyl sites for hydroxylation is 1. The SMILES string of the molecule is Cc1cnnc(N2Cc3cc(F)c(F)cc3C2)c1. The van der Waals surface area contributed by atoms with Crippen molar-refractivity contribution in [3.63, 3.8) is 0 Å². The minimum absolute atomic E-state index is 0.532. The molecular formula is C13H11F2N3. The molecule has 0 amide bonds. The molecule has 0 spiro atoms. The minimum Gasteiger partial charge on any atom is -0.346 e. The molecule has 1 aromatic heterocycles. The lowest BCUT2D eigenvalue weighted by Crippen LogP contribution is -2.16. The maximum atomic E-state index is 13.1. The fraction of sp³-hybridized carbons (Fsp3) is 0.231. The molecule has 0 saturated carbocycles. The van der Waals surface area contributed by atoms with Crippen LogP contribution in [0.25, 0.3) is 0 Å². The maximum absolute atomic E-state index is 13.1. The summed E-state index contributed by atoms with van der Waals surface area (Å²) < 4.78 is 26.3. The van der Waals surface area contributed by atoms with E-state index >= 15 is 0 Å². The molecule has 0 atom stereocenters. The van der Waals surface area contributed by atoms with E-state index in [1.54, 1.807) is 6.20 Å². The summed E-state index contributed by atoms with van der Waals surface area (Å²) in [6.45, 7) is 3.00. The summed E-state index contributed by atoms with van der Waals surface area (Å²) >= 11 is 0. The zero-order chi connectivity index (χ0) is 12.7. The van der Waals surface area contributed by atoms with Gasteiger partial charge >= 0.3 is 0 Å². The van der Waals surface area contributed by atoms with Crippen LogP contribution in [0, 0.1) is 18.6 Å². The number of rotatable bonds is 1. The second-order valence-electron chi connectivity index (χ2n) is 4.48. The average molecular weight is 247 g/mol. The number of fused-ring (bicyclic) bond motifs is 1. The van der Waals surface area contributed by atoms with Gasteiger partial charge in [-0.15, -0.1) is 5.10 Å². The Labute approximate surface area is 103 Å². The Balaban J connectivity index is 1.93. The van der Waals surface area contributed by atoms with Gasteiger partial charge in [-0.1, -0.05) is 0 Å². The second-order valence-corrected chi connectivity index (χ2v) is 4.48. The first-order valence-corrected chi connectivity index (χ1v) is 5.64. The highest BCUT2D eigenvalue weighted by atomic mass is 19.2. The van der Waals surface area contributed by atoms with E-state index in [4.69, 9.17) is 0 Å². The van der Waals surface area contributed by atoms with E-state index in [0.29, 0.717) is 13.1 Å². The highest BCUT2D eigenvalue weighted by Crippen LogP contribution is 2.28. The Morgan fingerprint density at radius 1 is 1.06 bits per heavy atom. The van der Waals surface area contributed by atoms with Crippen LogP contribution >= 0.6 is 0 Å². The quantitative estimate of drug-likeness (QED) is 0.775. The highest BCUT2D eigenvalue weighted by molar-refractivity contribution is 5.47. The van der Waals surface area contributed by atoms with Crippen LogP contribution in [0.15, 0.2) is 24.4 Å². The smallest absolute Gasteiger partial charge is 0.159 e. The molecule has 2 aromatic rings. The Hall–Kier alpha value is -2.04. The first-order valence-electron chi connectivity index (χ1n) is 5.64. The molecule has 3 nitrogen and oxygen atoms in total. The van der Waals surface area contributed by atoms with E-state index in [2.05, 4.69) is 10.2 Å². The summed E-state index contributed by atoms with van der Waals surface area (Å²) in [6.07, 6.45) is 1.67. The van der Waals surface area contributed by atoms with E-state index in [1.165, 1.54) is 12.1 Å². The van der Waals surface area contributed by atoms with Gasteiger partial charge in [0.15, 0.2) is 17.5 Å². The Bertz CT molecular complexity index is 582. The zero-order valence-corrected chi connectivity index (χ0v) is 9.82. The molecular weight excluding hydrogens is 236 g/mol. The van der Waals surface area contributed by atoms with Crippen LogP contribution in [-0.2, 0) is 13.1 Å². The predicted octanol–water partition coefficient (Wildman–Crippen LogP) is 2.58. The lowest BCUT2D eigenvalue weighted by molar-refractivity contribution is 0.507. The normalized spacial score (nSPS) is 13.8. The van der Waals surface area contributed by atoms with Gasteiger partial charge in [0.2, 0.25) is 0 Å². The molecule has 3 rings (SSSR count). The first kappa shape index (κ1) is 11.1. The van der Waals surface area contributed by atoms with Crippen LogP contribution in [0.1, 0.15) is 16.7 Å². The summed E-state index contributed by atoms with van der Waals surface area (Å²) in [4.78, 5) is 1.95. The van der Waals surface area contributed by atoms with Gasteiger partial charge in [0.1, 0.15) is 0 Å². The van der Waals surface area contributed by atoms with Gasteiger partial charge in [-0.05, 0) is 41.8 Å². The van der Waals surface area contributed by atoms with E-state index in [0.717, 1.165) is 22.5 Å². The van der Waals surface area contributed by atoms with Gasteiger partial charge in [0.05, 0.1) is 6.20 Å². The van der Waals surface area contributed by atoms with Gasteiger partial charge in [-0.2, -0.15) is 5.10 Å². The van der Waals surface area contributed by atoms with Crippen molar-refractivity contribution in [3.05, 3.63) is 52.7 Å². The minimum atomic E-state index is -0.800. The predicted molar refractivity (Wildman–Crippen MR) is 63.0 cm³/mol. The number of benzene rings is 1. The number of hydrogen-bond acceptors (Lipinski definition) is 3. The number of halogens is 2. The van der Waals surface area contributed by atoms with Gasteiger partial charge in [0, 0.05) is 13.1 Å². The number of anilines is 1. The van der Waals surface area contributed by atoms with Gasteiger partial charge in [0.25, 0.3) is 0 Å². The van der Waals surface area contributed by atoms with Crippen molar-refractivity contribution in [1.82, 2.24) is 10.2 Å². The summed E-state index contributed by atoms with van der Waals surface area (Å²) in [5, 5.41) is 7.92. The van der Waals surface area contributed by atoms with E-state index in [-0.39, 0.29) is 0 Å². The van der Waals surface area contributed by atoms with Crippen molar-refractivity contribution >= 4 is 5.82 Å². The van der Waals surface area contributed by atoms with Gasteiger partial charge in [-0.25, -0.2) is 8.78 Å². The zero-order valence-electron chi connectivity index (χ0n) is 9.82. The van der Waals surface area contributed by atoms with Crippen LogP contribution < -0.4 is 4.90 Å². The monoisotopic (exact) mass is 247 g/mol. The largest absolute Gasteiger partial charge is 0.346 e. The average Bonchev–Trinajstić information content (AvgIpc) is 2.73. The number of nitrogens with zero attached hydrogens (tertiary/aromatic N) is 3. The number of aromatic nitrogens is 2. The Morgan fingerprint density at radius 3 is 2.22 bits per heavy atom. The van der Waals surface area contributed by atoms with E-state index in [1.807, 2.05) is 17.9 Å². The van der Waals surface area contributed by atoms with Crippen molar-refractivity contribution in [2.75, 3.05) is 4.90 Å². The van der Waals surface area contributed by atoms with Crippen molar-refractivity contribution in [2.45, 2.75) is 20.0 Å². The molecule has 1 aromatic carbocycles. The molecule has 2 heterocycles. The molecule has 18 heavy (non-hydrogen) atoms. The third-order valence-electron chi connectivity index (χ3n) is 3.07.